The van der Waals surface area contributed by atoms with Crippen LogP contribution < -0.4 is 10.3 Å². The number of nitrogens with one attached hydrogen (secondary N) is 1. The largest absolute Gasteiger partial charge is 0.504 e. The zero-order valence-corrected chi connectivity index (χ0v) is 13.5. The van der Waals surface area contributed by atoms with Crippen molar-refractivity contribution in [2.45, 2.75) is 25.7 Å². The molecule has 23 heavy (non-hydrogen) atoms. The summed E-state index contributed by atoms with van der Waals surface area (Å²) in [6.45, 7) is 0. The van der Waals surface area contributed by atoms with E-state index in [2.05, 4.69) is 9.97 Å². The average Bonchev–Trinajstić information content (AvgIpc) is 2.93. The maximum Gasteiger partial charge on any atom is 0.260 e. The summed E-state index contributed by atoms with van der Waals surface area (Å²) in [5.74, 6) is 0.715. The second-order valence-electron chi connectivity index (χ2n) is 5.66. The topological polar surface area (TPSA) is 75.2 Å². The molecule has 0 fully saturated rings. The fourth-order valence-corrected chi connectivity index (χ4v) is 4.43. The van der Waals surface area contributed by atoms with E-state index in [0.717, 1.165) is 35.0 Å². The van der Waals surface area contributed by atoms with Crippen molar-refractivity contribution in [2.75, 3.05) is 7.11 Å². The van der Waals surface area contributed by atoms with Gasteiger partial charge in [0, 0.05) is 4.88 Å². The quantitative estimate of drug-likeness (QED) is 0.757. The van der Waals surface area contributed by atoms with Gasteiger partial charge in [0.15, 0.2) is 11.5 Å². The van der Waals surface area contributed by atoms with Gasteiger partial charge in [-0.2, -0.15) is 0 Å². The number of fused-ring (bicyclic) bond motifs is 3. The molecule has 0 saturated carbocycles. The molecule has 0 aliphatic heterocycles. The maximum atomic E-state index is 12.6. The standard InChI is InChI=1S/C17H16N2O3S/c1-22-11-7-4-6-10(14(11)20)15-18-16(21)13-9-5-2-3-8-12(9)23-17(13)19-15/h4,6-7,20H,2-3,5,8H2,1H3,(H,18,19,21). The number of nitrogens with zero attached hydrogens (tertiary/aromatic N) is 1. The first-order valence-corrected chi connectivity index (χ1v) is 8.41. The predicted molar refractivity (Wildman–Crippen MR) is 90.5 cm³/mol. The monoisotopic (exact) mass is 328 g/mol. The lowest BCUT2D eigenvalue weighted by Crippen LogP contribution is -2.11. The predicted octanol–water partition coefficient (Wildman–Crippen LogP) is 3.24. The van der Waals surface area contributed by atoms with E-state index in [9.17, 15) is 9.90 Å². The SMILES string of the molecule is COc1cccc(-c2nc3sc4c(c3c(=O)[nH]2)CCCC4)c1O. The van der Waals surface area contributed by atoms with Crippen LogP contribution in [0.1, 0.15) is 23.3 Å². The molecular weight excluding hydrogens is 312 g/mol. The van der Waals surface area contributed by atoms with Gasteiger partial charge in [-0.05, 0) is 43.4 Å². The third-order valence-electron chi connectivity index (χ3n) is 4.30. The van der Waals surface area contributed by atoms with Crippen LogP contribution in [0.25, 0.3) is 21.6 Å². The van der Waals surface area contributed by atoms with Crippen molar-refractivity contribution >= 4 is 21.6 Å². The third-order valence-corrected chi connectivity index (χ3v) is 5.48. The van der Waals surface area contributed by atoms with E-state index in [1.165, 1.54) is 18.4 Å². The molecule has 118 valence electrons. The Bertz CT molecular complexity index is 958. The van der Waals surface area contributed by atoms with Crippen LogP contribution in [0.15, 0.2) is 23.0 Å². The fraction of sp³-hybridized carbons (Fsp3) is 0.294. The van der Waals surface area contributed by atoms with Crippen LogP contribution in [0.2, 0.25) is 0 Å². The van der Waals surface area contributed by atoms with Crippen molar-refractivity contribution in [1.82, 2.24) is 9.97 Å². The number of aromatic hydroxyl groups is 1. The molecule has 2 heterocycles. The molecule has 0 bridgehead atoms. The second kappa shape index (κ2) is 5.38. The summed E-state index contributed by atoms with van der Waals surface area (Å²) in [6, 6.07) is 5.15. The molecule has 1 aliphatic carbocycles. The Morgan fingerprint density at radius 2 is 2.13 bits per heavy atom. The van der Waals surface area contributed by atoms with Gasteiger partial charge in [0.05, 0.1) is 18.1 Å². The molecule has 0 spiro atoms. The van der Waals surface area contributed by atoms with Gasteiger partial charge in [0.25, 0.3) is 5.56 Å². The lowest BCUT2D eigenvalue weighted by atomic mass is 9.97. The highest BCUT2D eigenvalue weighted by atomic mass is 32.1. The molecular formula is C17H16N2O3S. The number of phenolic OH excluding ortho intramolecular Hbond substituents is 1. The van der Waals surface area contributed by atoms with Crippen LogP contribution in [-0.4, -0.2) is 22.2 Å². The summed E-state index contributed by atoms with van der Waals surface area (Å²) in [4.78, 5) is 22.0. The minimum absolute atomic E-state index is 0.0150. The molecule has 6 heteroatoms. The number of aryl methyl sites for hydroxylation is 2. The molecule has 0 saturated heterocycles. The fourth-order valence-electron chi connectivity index (χ4n) is 3.17. The number of hydrogen-bond acceptors (Lipinski definition) is 5. The zero-order chi connectivity index (χ0) is 16.0. The van der Waals surface area contributed by atoms with Crippen LogP contribution in [-0.2, 0) is 12.8 Å². The number of aromatic nitrogens is 2. The molecule has 0 amide bonds. The number of H-pyrrole nitrogens is 1. The van der Waals surface area contributed by atoms with E-state index >= 15 is 0 Å². The van der Waals surface area contributed by atoms with E-state index in [0.29, 0.717) is 17.1 Å². The second-order valence-corrected chi connectivity index (χ2v) is 6.75. The number of rotatable bonds is 2. The summed E-state index contributed by atoms with van der Waals surface area (Å²) < 4.78 is 5.12. The first-order chi connectivity index (χ1) is 11.2. The van der Waals surface area contributed by atoms with Gasteiger partial charge in [-0.3, -0.25) is 4.79 Å². The molecule has 3 aromatic rings. The highest BCUT2D eigenvalue weighted by molar-refractivity contribution is 7.18. The van der Waals surface area contributed by atoms with Crippen LogP contribution in [0.3, 0.4) is 0 Å². The number of hydrogen-bond donors (Lipinski definition) is 2. The van der Waals surface area contributed by atoms with E-state index in [1.54, 1.807) is 29.5 Å². The summed E-state index contributed by atoms with van der Waals surface area (Å²) in [5, 5.41) is 11.0. The Labute approximate surface area is 136 Å². The van der Waals surface area contributed by atoms with Gasteiger partial charge in [-0.15, -0.1) is 11.3 Å². The summed E-state index contributed by atoms with van der Waals surface area (Å²) in [6.07, 6.45) is 4.26. The van der Waals surface area contributed by atoms with Crippen molar-refractivity contribution in [3.8, 4) is 22.9 Å². The minimum Gasteiger partial charge on any atom is -0.504 e. The Morgan fingerprint density at radius 3 is 2.96 bits per heavy atom. The maximum absolute atomic E-state index is 12.6. The Morgan fingerprint density at radius 1 is 1.30 bits per heavy atom. The van der Waals surface area contributed by atoms with E-state index in [4.69, 9.17) is 4.74 Å². The molecule has 1 aliphatic rings. The molecule has 4 rings (SSSR count). The average molecular weight is 328 g/mol. The van der Waals surface area contributed by atoms with Crippen molar-refractivity contribution in [3.63, 3.8) is 0 Å². The van der Waals surface area contributed by atoms with Crippen LogP contribution in [0, 0.1) is 0 Å². The molecule has 2 aromatic heterocycles. The van der Waals surface area contributed by atoms with Gasteiger partial charge in [-0.1, -0.05) is 6.07 Å². The molecule has 0 radical (unpaired) electrons. The van der Waals surface area contributed by atoms with Crippen LogP contribution in [0.4, 0.5) is 0 Å². The Hall–Kier alpha value is -2.34. The third kappa shape index (κ3) is 2.21. The van der Waals surface area contributed by atoms with E-state index in [-0.39, 0.29) is 11.3 Å². The molecule has 2 N–H and O–H groups in total. The zero-order valence-electron chi connectivity index (χ0n) is 12.7. The van der Waals surface area contributed by atoms with Crippen molar-refractivity contribution in [1.29, 1.82) is 0 Å². The van der Waals surface area contributed by atoms with Crippen molar-refractivity contribution in [2.24, 2.45) is 0 Å². The van der Waals surface area contributed by atoms with Gasteiger partial charge in [0.1, 0.15) is 10.7 Å². The number of aromatic amines is 1. The smallest absolute Gasteiger partial charge is 0.260 e. The minimum atomic E-state index is -0.133. The lowest BCUT2D eigenvalue weighted by Gasteiger charge is -2.10. The van der Waals surface area contributed by atoms with Gasteiger partial charge in [0.2, 0.25) is 0 Å². The molecule has 5 nitrogen and oxygen atoms in total. The first-order valence-electron chi connectivity index (χ1n) is 7.60. The van der Waals surface area contributed by atoms with Crippen LogP contribution >= 0.6 is 11.3 Å². The van der Waals surface area contributed by atoms with Gasteiger partial charge < -0.3 is 14.8 Å². The number of methoxy groups -OCH3 is 1. The van der Waals surface area contributed by atoms with E-state index < -0.39 is 0 Å². The first kappa shape index (κ1) is 14.3. The van der Waals surface area contributed by atoms with E-state index in [1.807, 2.05) is 0 Å². The normalized spacial score (nSPS) is 14.0. The number of phenols is 1. The number of para-hydroxylation sites is 1. The lowest BCUT2D eigenvalue weighted by molar-refractivity contribution is 0.374. The summed E-state index contributed by atoms with van der Waals surface area (Å²) in [5.41, 5.74) is 1.49. The number of benzene rings is 1. The van der Waals surface area contributed by atoms with Gasteiger partial charge in [-0.25, -0.2) is 4.98 Å². The van der Waals surface area contributed by atoms with Gasteiger partial charge >= 0.3 is 0 Å². The van der Waals surface area contributed by atoms with Crippen molar-refractivity contribution < 1.29 is 9.84 Å². The highest BCUT2D eigenvalue weighted by Crippen LogP contribution is 2.37. The number of thiophene rings is 1. The summed E-state index contributed by atoms with van der Waals surface area (Å²) >= 11 is 1.59. The summed E-state index contributed by atoms with van der Waals surface area (Å²) in [7, 11) is 1.49. The van der Waals surface area contributed by atoms with Crippen LogP contribution in [0.5, 0.6) is 11.5 Å². The molecule has 1 aromatic carbocycles. The molecule has 0 atom stereocenters. The molecule has 0 unspecified atom stereocenters. The number of ether oxygens (including phenoxy) is 1. The Balaban J connectivity index is 1.95. The Kier molecular flexibility index (Phi) is 3.34. The highest BCUT2D eigenvalue weighted by Gasteiger charge is 2.21. The van der Waals surface area contributed by atoms with Crippen molar-refractivity contribution in [3.05, 3.63) is 39.0 Å².